The zero-order valence-corrected chi connectivity index (χ0v) is 17.7. The summed E-state index contributed by atoms with van der Waals surface area (Å²) in [5.41, 5.74) is 4.17. The molecule has 1 amide bonds. The predicted molar refractivity (Wildman–Crippen MR) is 123 cm³/mol. The Labute approximate surface area is 184 Å². The van der Waals surface area contributed by atoms with Crippen molar-refractivity contribution in [1.82, 2.24) is 19.9 Å². The first-order chi connectivity index (χ1) is 15.0. The summed E-state index contributed by atoms with van der Waals surface area (Å²) in [4.78, 5) is 26.6. The van der Waals surface area contributed by atoms with E-state index in [9.17, 15) is 4.79 Å². The molecule has 1 N–H and O–H groups in total. The van der Waals surface area contributed by atoms with Gasteiger partial charge in [-0.05, 0) is 42.5 Å². The summed E-state index contributed by atoms with van der Waals surface area (Å²) in [7, 11) is 3.45. The van der Waals surface area contributed by atoms with Crippen LogP contribution in [0.15, 0.2) is 67.0 Å². The van der Waals surface area contributed by atoms with Crippen LogP contribution < -0.4 is 5.32 Å². The molecule has 4 aromatic rings. The van der Waals surface area contributed by atoms with Crippen LogP contribution >= 0.6 is 11.6 Å². The number of carbonyl (C=O) groups excluding carboxylic acids is 1. The summed E-state index contributed by atoms with van der Waals surface area (Å²) in [5.74, 6) is 6.79. The first kappa shape index (κ1) is 20.3. The van der Waals surface area contributed by atoms with Gasteiger partial charge in [-0.2, -0.15) is 0 Å². The highest BCUT2D eigenvalue weighted by Gasteiger charge is 2.09. The largest absolute Gasteiger partial charge is 0.345 e. The number of aromatic nitrogens is 3. The van der Waals surface area contributed by atoms with Gasteiger partial charge in [-0.15, -0.1) is 0 Å². The number of benzene rings is 2. The highest BCUT2D eigenvalue weighted by atomic mass is 35.5. The number of carbonyl (C=O) groups is 1. The van der Waals surface area contributed by atoms with Crippen LogP contribution in [0.25, 0.3) is 11.0 Å². The monoisotopic (exact) mass is 427 g/mol. The molecule has 2 heterocycles. The van der Waals surface area contributed by atoms with Crippen molar-refractivity contribution in [3.8, 4) is 11.8 Å². The minimum Gasteiger partial charge on any atom is -0.345 e. The van der Waals surface area contributed by atoms with Crippen LogP contribution in [0.2, 0.25) is 5.15 Å². The maximum Gasteiger partial charge on any atom is 0.253 e. The molecule has 0 fully saturated rings. The normalized spacial score (nSPS) is 10.3. The molecule has 0 unspecified atom stereocenters. The van der Waals surface area contributed by atoms with E-state index in [0.29, 0.717) is 27.6 Å². The second-order valence-electron chi connectivity index (χ2n) is 6.92. The third-order valence-corrected chi connectivity index (χ3v) is 4.70. The Morgan fingerprint density at radius 2 is 1.84 bits per heavy atom. The maximum absolute atomic E-state index is 12.2. The lowest BCUT2D eigenvalue weighted by molar-refractivity contribution is 0.0827. The number of nitrogens with zero attached hydrogens (tertiary/aromatic N) is 4. The van der Waals surface area contributed by atoms with Crippen LogP contribution in [0.5, 0.6) is 0 Å². The quantitative estimate of drug-likeness (QED) is 0.384. The minimum absolute atomic E-state index is 0.0625. The van der Waals surface area contributed by atoms with Crippen molar-refractivity contribution in [3.05, 3.63) is 88.8 Å². The highest BCUT2D eigenvalue weighted by Crippen LogP contribution is 2.24. The fourth-order valence-corrected chi connectivity index (χ4v) is 3.11. The molecule has 31 heavy (non-hydrogen) atoms. The van der Waals surface area contributed by atoms with Crippen LogP contribution in [0.3, 0.4) is 0 Å². The molecular formula is C24H18ClN5O. The van der Waals surface area contributed by atoms with E-state index in [0.717, 1.165) is 16.8 Å². The molecule has 0 aliphatic heterocycles. The topological polar surface area (TPSA) is 71.0 Å². The predicted octanol–water partition coefficient (Wildman–Crippen LogP) is 4.52. The molecule has 2 aromatic carbocycles. The number of pyridine rings is 1. The van der Waals surface area contributed by atoms with Crippen LogP contribution in [0.1, 0.15) is 21.5 Å². The third kappa shape index (κ3) is 4.63. The van der Waals surface area contributed by atoms with Gasteiger partial charge in [0.2, 0.25) is 0 Å². The van der Waals surface area contributed by atoms with Crippen molar-refractivity contribution >= 4 is 40.0 Å². The lowest BCUT2D eigenvalue weighted by Gasteiger charge is -2.10. The summed E-state index contributed by atoms with van der Waals surface area (Å²) in [6, 6.07) is 18.4. The van der Waals surface area contributed by atoms with Crippen molar-refractivity contribution in [3.63, 3.8) is 0 Å². The first-order valence-corrected chi connectivity index (χ1v) is 9.86. The minimum atomic E-state index is -0.0625. The lowest BCUT2D eigenvalue weighted by Crippen LogP contribution is -2.21. The average Bonchev–Trinajstić information content (AvgIpc) is 2.78. The number of hydrogen-bond donors (Lipinski definition) is 1. The van der Waals surface area contributed by atoms with Gasteiger partial charge in [0.1, 0.15) is 17.0 Å². The fraction of sp³-hybridized carbons (Fsp3) is 0.0833. The molecule has 2 aromatic heterocycles. The Bertz CT molecular complexity index is 1340. The van der Waals surface area contributed by atoms with Crippen molar-refractivity contribution in [2.75, 3.05) is 19.4 Å². The number of rotatable bonds is 3. The van der Waals surface area contributed by atoms with E-state index in [-0.39, 0.29) is 5.91 Å². The van der Waals surface area contributed by atoms with Gasteiger partial charge >= 0.3 is 0 Å². The fourth-order valence-electron chi connectivity index (χ4n) is 2.96. The number of nitrogens with one attached hydrogen (secondary N) is 1. The molecule has 0 aliphatic rings. The van der Waals surface area contributed by atoms with Crippen molar-refractivity contribution in [1.29, 1.82) is 0 Å². The molecule has 6 nitrogen and oxygen atoms in total. The maximum atomic E-state index is 12.2. The second-order valence-corrected chi connectivity index (χ2v) is 7.31. The third-order valence-electron chi connectivity index (χ3n) is 4.49. The zero-order chi connectivity index (χ0) is 21.8. The Morgan fingerprint density at radius 1 is 1.00 bits per heavy atom. The standard InChI is InChI=1S/C24H18ClN5O/c1-30(2)24(31)18-8-5-6-16(14-18)10-11-17-7-3-4-9-19(17)28-23-22-20(26-15-27-23)12-13-21(25)29-22/h3-9,12-15H,1-2H3,(H,26,27,28). The number of amides is 1. The van der Waals surface area contributed by atoms with Crippen molar-refractivity contribution in [2.45, 2.75) is 0 Å². The van der Waals surface area contributed by atoms with Gasteiger partial charge in [-0.1, -0.05) is 41.6 Å². The molecule has 0 saturated heterocycles. The van der Waals surface area contributed by atoms with Crippen LogP contribution in [-0.2, 0) is 0 Å². The summed E-state index contributed by atoms with van der Waals surface area (Å²) < 4.78 is 0. The van der Waals surface area contributed by atoms with E-state index in [1.165, 1.54) is 11.2 Å². The van der Waals surface area contributed by atoms with Gasteiger partial charge in [0.15, 0.2) is 5.82 Å². The molecule has 7 heteroatoms. The Hall–Kier alpha value is -3.95. The number of anilines is 2. The number of para-hydroxylation sites is 1. The Balaban J connectivity index is 1.67. The number of fused-ring (bicyclic) bond motifs is 1. The molecule has 0 spiro atoms. The van der Waals surface area contributed by atoms with E-state index in [1.54, 1.807) is 38.4 Å². The van der Waals surface area contributed by atoms with Crippen LogP contribution in [0.4, 0.5) is 11.5 Å². The van der Waals surface area contributed by atoms with E-state index in [2.05, 4.69) is 32.1 Å². The van der Waals surface area contributed by atoms with E-state index in [1.807, 2.05) is 36.4 Å². The van der Waals surface area contributed by atoms with Gasteiger partial charge in [0, 0.05) is 30.8 Å². The Morgan fingerprint density at radius 3 is 2.68 bits per heavy atom. The average molecular weight is 428 g/mol. The molecule has 0 radical (unpaired) electrons. The SMILES string of the molecule is CN(C)C(=O)c1cccc(C#Cc2ccccc2Nc2ncnc3ccc(Cl)nc23)c1. The summed E-state index contributed by atoms with van der Waals surface area (Å²) in [6.45, 7) is 0. The van der Waals surface area contributed by atoms with E-state index in [4.69, 9.17) is 11.6 Å². The Kier molecular flexibility index (Phi) is 5.78. The van der Waals surface area contributed by atoms with E-state index < -0.39 is 0 Å². The van der Waals surface area contributed by atoms with Gasteiger partial charge < -0.3 is 10.2 Å². The lowest BCUT2D eigenvalue weighted by atomic mass is 10.1. The van der Waals surface area contributed by atoms with Gasteiger partial charge in [-0.3, -0.25) is 4.79 Å². The molecule has 4 rings (SSSR count). The summed E-state index contributed by atoms with van der Waals surface area (Å²) in [6.07, 6.45) is 1.47. The first-order valence-electron chi connectivity index (χ1n) is 9.48. The van der Waals surface area contributed by atoms with Gasteiger partial charge in [0.05, 0.1) is 11.2 Å². The van der Waals surface area contributed by atoms with E-state index >= 15 is 0 Å². The number of halogens is 1. The molecule has 0 atom stereocenters. The summed E-state index contributed by atoms with van der Waals surface area (Å²) >= 11 is 6.05. The highest BCUT2D eigenvalue weighted by molar-refractivity contribution is 6.29. The number of hydrogen-bond acceptors (Lipinski definition) is 5. The molecular weight excluding hydrogens is 410 g/mol. The zero-order valence-electron chi connectivity index (χ0n) is 16.9. The molecule has 152 valence electrons. The molecule has 0 bridgehead atoms. The van der Waals surface area contributed by atoms with Crippen molar-refractivity contribution < 1.29 is 4.79 Å². The van der Waals surface area contributed by atoms with Gasteiger partial charge in [-0.25, -0.2) is 15.0 Å². The smallest absolute Gasteiger partial charge is 0.253 e. The van der Waals surface area contributed by atoms with Crippen LogP contribution in [0, 0.1) is 11.8 Å². The van der Waals surface area contributed by atoms with Crippen molar-refractivity contribution in [2.24, 2.45) is 0 Å². The molecule has 0 aliphatic carbocycles. The van der Waals surface area contributed by atoms with Crippen LogP contribution in [-0.4, -0.2) is 39.9 Å². The second kappa shape index (κ2) is 8.82. The summed E-state index contributed by atoms with van der Waals surface area (Å²) in [5, 5.41) is 3.65. The van der Waals surface area contributed by atoms with Gasteiger partial charge in [0.25, 0.3) is 5.91 Å². The molecule has 0 saturated carbocycles.